The van der Waals surface area contributed by atoms with Crippen molar-refractivity contribution < 1.29 is 17.6 Å². The Balaban J connectivity index is 3.01. The Labute approximate surface area is 82.0 Å². The van der Waals surface area contributed by atoms with Crippen LogP contribution in [0.15, 0.2) is 18.8 Å². The van der Waals surface area contributed by atoms with E-state index in [1.165, 1.54) is 0 Å². The molecule has 1 rings (SSSR count). The Morgan fingerprint density at radius 1 is 1.40 bits per heavy atom. The molecule has 80 valence electrons. The van der Waals surface area contributed by atoms with Crippen LogP contribution < -0.4 is 0 Å². The Morgan fingerprint density at radius 2 is 2.00 bits per heavy atom. The van der Waals surface area contributed by atoms with Crippen molar-refractivity contribution in [2.24, 2.45) is 0 Å². The monoisotopic (exact) mass is 219 g/mol. The Hall–Kier alpha value is -1.79. The Kier molecular flexibility index (Phi) is 2.83. The second kappa shape index (κ2) is 3.76. The van der Waals surface area contributed by atoms with Gasteiger partial charge < -0.3 is 0 Å². The van der Waals surface area contributed by atoms with Gasteiger partial charge in [0.15, 0.2) is 5.82 Å². The maximum atomic E-state index is 12.5. The average molecular weight is 219 g/mol. The second-order valence-corrected chi connectivity index (χ2v) is 2.55. The van der Waals surface area contributed by atoms with Gasteiger partial charge in [0.1, 0.15) is 5.71 Å². The molecule has 0 saturated carbocycles. The van der Waals surface area contributed by atoms with Crippen molar-refractivity contribution in [3.8, 4) is 0 Å². The summed E-state index contributed by atoms with van der Waals surface area (Å²) in [7, 11) is 0. The number of hydrogen-bond acceptors (Lipinski definition) is 3. The van der Waals surface area contributed by atoms with Gasteiger partial charge in [-0.1, -0.05) is 6.58 Å². The molecule has 0 bridgehead atoms. The first-order chi connectivity index (χ1) is 6.82. The molecule has 0 unspecified atom stereocenters. The summed E-state index contributed by atoms with van der Waals surface area (Å²) in [6, 6.07) is 0.883. The van der Waals surface area contributed by atoms with Crippen molar-refractivity contribution in [2.75, 3.05) is 0 Å². The third-order valence-corrected chi connectivity index (χ3v) is 1.48. The van der Waals surface area contributed by atoms with Crippen LogP contribution >= 0.6 is 0 Å². The Morgan fingerprint density at radius 3 is 2.47 bits per heavy atom. The van der Waals surface area contributed by atoms with Crippen LogP contribution in [-0.2, 0) is 0 Å². The van der Waals surface area contributed by atoms with Crippen molar-refractivity contribution >= 4 is 11.3 Å². The van der Waals surface area contributed by atoms with E-state index < -0.39 is 29.2 Å². The van der Waals surface area contributed by atoms with Crippen LogP contribution in [0.5, 0.6) is 0 Å². The van der Waals surface area contributed by atoms with Crippen LogP contribution in [0.2, 0.25) is 0 Å². The van der Waals surface area contributed by atoms with E-state index in [4.69, 9.17) is 5.41 Å². The first-order valence-electron chi connectivity index (χ1n) is 3.66. The van der Waals surface area contributed by atoms with Gasteiger partial charge in [0.25, 0.3) is 0 Å². The minimum Gasteiger partial charge on any atom is -0.296 e. The zero-order chi connectivity index (χ0) is 11.6. The summed E-state index contributed by atoms with van der Waals surface area (Å²) >= 11 is 0. The molecule has 0 fully saturated rings. The summed E-state index contributed by atoms with van der Waals surface area (Å²) in [5, 5.41) is 6.73. The number of alkyl halides is 3. The lowest BCUT2D eigenvalue weighted by atomic mass is 10.1. The zero-order valence-corrected chi connectivity index (χ0v) is 7.27. The minimum absolute atomic E-state index is 0.544. The van der Waals surface area contributed by atoms with Gasteiger partial charge in [-0.25, -0.2) is 4.98 Å². The van der Waals surface area contributed by atoms with Gasteiger partial charge in [-0.3, -0.25) is 5.41 Å². The largest absolute Gasteiger partial charge is 0.433 e. The Bertz CT molecular complexity index is 411. The predicted octanol–water partition coefficient (Wildman–Crippen LogP) is 2.21. The number of rotatable bonds is 2. The molecule has 0 aliphatic carbocycles. The predicted molar refractivity (Wildman–Crippen MR) is 44.8 cm³/mol. The lowest BCUT2D eigenvalue weighted by Gasteiger charge is -2.09. The third-order valence-electron chi connectivity index (χ3n) is 1.48. The normalized spacial score (nSPS) is 11.2. The summed E-state index contributed by atoms with van der Waals surface area (Å²) in [6.07, 6.45) is -3.89. The van der Waals surface area contributed by atoms with Crippen LogP contribution in [-0.4, -0.2) is 21.9 Å². The molecule has 0 aliphatic rings. The van der Waals surface area contributed by atoms with Crippen molar-refractivity contribution in [2.45, 2.75) is 6.18 Å². The van der Waals surface area contributed by atoms with Gasteiger partial charge in [0.05, 0.1) is 0 Å². The first-order valence-corrected chi connectivity index (χ1v) is 3.66. The van der Waals surface area contributed by atoms with Crippen LogP contribution in [0, 0.1) is 11.4 Å². The van der Waals surface area contributed by atoms with Gasteiger partial charge in [0, 0.05) is 17.8 Å². The zero-order valence-electron chi connectivity index (χ0n) is 7.27. The SMILES string of the molecule is C=C(C(=N)C(F)(F)F)c1nccc(F)n1. The van der Waals surface area contributed by atoms with E-state index in [1.54, 1.807) is 0 Å². The fourth-order valence-corrected chi connectivity index (χ4v) is 0.765. The van der Waals surface area contributed by atoms with E-state index in [9.17, 15) is 17.6 Å². The molecule has 0 spiro atoms. The summed E-state index contributed by atoms with van der Waals surface area (Å²) in [6.45, 7) is 3.00. The molecule has 0 aliphatic heterocycles. The molecular weight excluding hydrogens is 214 g/mol. The minimum atomic E-state index is -4.84. The van der Waals surface area contributed by atoms with Crippen LogP contribution in [0.3, 0.4) is 0 Å². The van der Waals surface area contributed by atoms with Crippen molar-refractivity contribution in [3.05, 3.63) is 30.6 Å². The number of allylic oxidation sites excluding steroid dienone is 1. The van der Waals surface area contributed by atoms with E-state index in [2.05, 4.69) is 16.5 Å². The molecule has 0 amide bonds. The van der Waals surface area contributed by atoms with E-state index in [0.717, 1.165) is 12.3 Å². The number of nitrogens with one attached hydrogen (secondary N) is 1. The molecule has 15 heavy (non-hydrogen) atoms. The van der Waals surface area contributed by atoms with E-state index in [0.29, 0.717) is 0 Å². The first kappa shape index (κ1) is 11.3. The summed E-state index contributed by atoms with van der Waals surface area (Å²) in [4.78, 5) is 6.47. The summed E-state index contributed by atoms with van der Waals surface area (Å²) < 4.78 is 48.7. The summed E-state index contributed by atoms with van der Waals surface area (Å²) in [5.41, 5.74) is -2.45. The molecule has 0 aromatic carbocycles. The van der Waals surface area contributed by atoms with Crippen molar-refractivity contribution in [3.63, 3.8) is 0 Å². The molecule has 1 heterocycles. The number of nitrogens with zero attached hydrogens (tertiary/aromatic N) is 2. The smallest absolute Gasteiger partial charge is 0.296 e. The van der Waals surface area contributed by atoms with Crippen molar-refractivity contribution in [1.82, 2.24) is 9.97 Å². The molecule has 1 aromatic heterocycles. The number of halogens is 4. The van der Waals surface area contributed by atoms with Crippen molar-refractivity contribution in [1.29, 1.82) is 5.41 Å². The molecule has 0 atom stereocenters. The molecule has 0 radical (unpaired) electrons. The standard InChI is InChI=1S/C8H5F4N3/c1-4(6(13)8(10,11)12)7-14-3-2-5(9)15-7/h2-3,13H,1H2. The topological polar surface area (TPSA) is 49.6 Å². The van der Waals surface area contributed by atoms with Crippen LogP contribution in [0.1, 0.15) is 5.82 Å². The fraction of sp³-hybridized carbons (Fsp3) is 0.125. The highest BCUT2D eigenvalue weighted by Gasteiger charge is 2.37. The van der Waals surface area contributed by atoms with E-state index in [1.807, 2.05) is 0 Å². The molecule has 3 nitrogen and oxygen atoms in total. The maximum Gasteiger partial charge on any atom is 0.433 e. The second-order valence-electron chi connectivity index (χ2n) is 2.55. The highest BCUT2D eigenvalue weighted by atomic mass is 19.4. The highest BCUT2D eigenvalue weighted by Crippen LogP contribution is 2.24. The van der Waals surface area contributed by atoms with Gasteiger partial charge in [-0.15, -0.1) is 0 Å². The molecule has 1 aromatic rings. The maximum absolute atomic E-state index is 12.5. The van der Waals surface area contributed by atoms with Crippen LogP contribution in [0.25, 0.3) is 5.57 Å². The molecule has 1 N–H and O–H groups in total. The fourth-order valence-electron chi connectivity index (χ4n) is 0.765. The lowest BCUT2D eigenvalue weighted by Crippen LogP contribution is -2.23. The van der Waals surface area contributed by atoms with E-state index in [-0.39, 0.29) is 0 Å². The molecule has 7 heteroatoms. The van der Waals surface area contributed by atoms with Gasteiger partial charge in [-0.05, 0) is 0 Å². The van der Waals surface area contributed by atoms with E-state index >= 15 is 0 Å². The molecular formula is C8H5F4N3. The lowest BCUT2D eigenvalue weighted by molar-refractivity contribution is -0.0578. The summed E-state index contributed by atoms with van der Waals surface area (Å²) in [5.74, 6) is -1.52. The molecule has 0 saturated heterocycles. The number of hydrogen-bond donors (Lipinski definition) is 1. The average Bonchev–Trinajstić information content (AvgIpc) is 2.14. The highest BCUT2D eigenvalue weighted by molar-refractivity contribution is 6.23. The third kappa shape index (κ3) is 2.58. The van der Waals surface area contributed by atoms with Gasteiger partial charge in [-0.2, -0.15) is 22.5 Å². The van der Waals surface area contributed by atoms with Gasteiger partial charge in [0.2, 0.25) is 5.95 Å². The quantitative estimate of drug-likeness (QED) is 0.471. The number of aromatic nitrogens is 2. The van der Waals surface area contributed by atoms with Crippen LogP contribution in [0.4, 0.5) is 17.6 Å². The van der Waals surface area contributed by atoms with Gasteiger partial charge >= 0.3 is 6.18 Å².